The number of nitrogens with one attached hydrogen (secondary N) is 1. The van der Waals surface area contributed by atoms with Gasteiger partial charge in [-0.15, -0.1) is 23.7 Å². The Hall–Kier alpha value is -1.07. The van der Waals surface area contributed by atoms with Crippen LogP contribution in [0.15, 0.2) is 41.8 Å². The Morgan fingerprint density at radius 2 is 1.93 bits per heavy atom. The van der Waals surface area contributed by atoms with Crippen LogP contribution in [-0.2, 0) is 6.42 Å². The third-order valence-corrected chi connectivity index (χ3v) is 6.15. The number of ether oxygens (including phenoxy) is 1. The second-order valence-electron chi connectivity index (χ2n) is 7.30. The molecule has 2 unspecified atom stereocenters. The van der Waals surface area contributed by atoms with Gasteiger partial charge in [0, 0.05) is 17.5 Å². The molecule has 1 aliphatic carbocycles. The van der Waals surface area contributed by atoms with Crippen molar-refractivity contribution in [3.63, 3.8) is 0 Å². The average molecular weight is 410 g/mol. The van der Waals surface area contributed by atoms with Gasteiger partial charge in [-0.3, -0.25) is 0 Å². The van der Waals surface area contributed by atoms with E-state index >= 15 is 0 Å². The van der Waals surface area contributed by atoms with Crippen molar-refractivity contribution in [2.45, 2.75) is 57.6 Å². The van der Waals surface area contributed by atoms with Crippen molar-refractivity contribution in [3.05, 3.63) is 52.2 Å². The Labute approximate surface area is 173 Å². The zero-order chi connectivity index (χ0) is 18.2. The quantitative estimate of drug-likeness (QED) is 0.553. The maximum atomic E-state index is 10.4. The van der Waals surface area contributed by atoms with E-state index in [2.05, 4.69) is 41.9 Å². The molecule has 1 saturated carbocycles. The van der Waals surface area contributed by atoms with E-state index in [9.17, 15) is 5.11 Å². The lowest BCUT2D eigenvalue weighted by Gasteiger charge is -2.25. The Bertz CT molecular complexity index is 626. The van der Waals surface area contributed by atoms with Crippen molar-refractivity contribution in [1.82, 2.24) is 5.32 Å². The van der Waals surface area contributed by atoms with E-state index in [0.29, 0.717) is 25.1 Å². The van der Waals surface area contributed by atoms with Crippen LogP contribution in [0.4, 0.5) is 0 Å². The lowest BCUT2D eigenvalue weighted by atomic mass is 9.96. The van der Waals surface area contributed by atoms with Gasteiger partial charge in [-0.05, 0) is 54.3 Å². The third-order valence-electron chi connectivity index (χ3n) is 5.20. The molecule has 0 saturated heterocycles. The summed E-state index contributed by atoms with van der Waals surface area (Å²) in [6.45, 7) is 3.07. The standard InChI is InChI=1S/C22H31NO2S.ClH/c1-2-6-17-10-12-20(13-11-17)25-16-19(24)15-23-22(18-7-3-4-8-18)21-9-5-14-26-21;/h5,9-14,18-19,22-24H,2-4,6-8,15-16H2,1H3;1H. The second kappa shape index (κ2) is 11.7. The number of rotatable bonds is 10. The minimum atomic E-state index is -0.505. The SMILES string of the molecule is CCCc1ccc(OCC(O)CNC(c2cccs2)C2CCCC2)cc1.Cl. The number of benzene rings is 1. The molecule has 1 aromatic carbocycles. The summed E-state index contributed by atoms with van der Waals surface area (Å²) in [5.74, 6) is 1.52. The minimum absolute atomic E-state index is 0. The highest BCUT2D eigenvalue weighted by Crippen LogP contribution is 2.37. The predicted molar refractivity (Wildman–Crippen MR) is 116 cm³/mol. The van der Waals surface area contributed by atoms with Crippen LogP contribution in [0.25, 0.3) is 0 Å². The number of aliphatic hydroxyl groups excluding tert-OH is 1. The number of aryl methyl sites for hydroxylation is 1. The molecule has 0 radical (unpaired) electrons. The Morgan fingerprint density at radius 1 is 1.19 bits per heavy atom. The third kappa shape index (κ3) is 6.79. The summed E-state index contributed by atoms with van der Waals surface area (Å²) >= 11 is 1.81. The van der Waals surface area contributed by atoms with Crippen molar-refractivity contribution >= 4 is 23.7 Å². The van der Waals surface area contributed by atoms with Crippen LogP contribution in [0, 0.1) is 5.92 Å². The van der Waals surface area contributed by atoms with Gasteiger partial charge in [0.2, 0.25) is 0 Å². The molecule has 0 aliphatic heterocycles. The fourth-order valence-corrected chi connectivity index (χ4v) is 4.71. The first-order valence-corrected chi connectivity index (χ1v) is 10.8. The molecular formula is C22H32ClNO2S. The van der Waals surface area contributed by atoms with Gasteiger partial charge in [-0.25, -0.2) is 0 Å². The van der Waals surface area contributed by atoms with Crippen LogP contribution in [0.5, 0.6) is 5.75 Å². The van der Waals surface area contributed by atoms with Gasteiger partial charge >= 0.3 is 0 Å². The molecule has 27 heavy (non-hydrogen) atoms. The van der Waals surface area contributed by atoms with Gasteiger partial charge in [-0.2, -0.15) is 0 Å². The molecule has 2 atom stereocenters. The summed E-state index contributed by atoms with van der Waals surface area (Å²) in [6, 6.07) is 12.9. The first-order valence-electron chi connectivity index (χ1n) is 9.93. The van der Waals surface area contributed by atoms with E-state index in [1.54, 1.807) is 0 Å². The molecule has 0 spiro atoms. The van der Waals surface area contributed by atoms with Crippen LogP contribution in [0.1, 0.15) is 55.5 Å². The van der Waals surface area contributed by atoms with Crippen LogP contribution in [0.2, 0.25) is 0 Å². The molecule has 2 N–H and O–H groups in total. The highest BCUT2D eigenvalue weighted by Gasteiger charge is 2.27. The summed E-state index contributed by atoms with van der Waals surface area (Å²) in [5.41, 5.74) is 1.33. The molecule has 1 aromatic heterocycles. The molecule has 1 aliphatic rings. The van der Waals surface area contributed by atoms with Gasteiger partial charge in [0.15, 0.2) is 0 Å². The molecule has 3 rings (SSSR count). The van der Waals surface area contributed by atoms with E-state index in [-0.39, 0.29) is 12.4 Å². The average Bonchev–Trinajstić information content (AvgIpc) is 3.36. The zero-order valence-electron chi connectivity index (χ0n) is 16.1. The fourth-order valence-electron chi connectivity index (χ4n) is 3.81. The Morgan fingerprint density at radius 3 is 2.56 bits per heavy atom. The van der Waals surface area contributed by atoms with Gasteiger partial charge in [-0.1, -0.05) is 44.4 Å². The number of aliphatic hydroxyl groups is 1. The monoisotopic (exact) mass is 409 g/mol. The maximum Gasteiger partial charge on any atom is 0.119 e. The smallest absolute Gasteiger partial charge is 0.119 e. The Kier molecular flexibility index (Phi) is 9.63. The van der Waals surface area contributed by atoms with E-state index in [0.717, 1.165) is 18.6 Å². The van der Waals surface area contributed by atoms with Gasteiger partial charge in [0.05, 0.1) is 0 Å². The van der Waals surface area contributed by atoms with Gasteiger partial charge < -0.3 is 15.2 Å². The molecule has 5 heteroatoms. The molecule has 2 aromatic rings. The summed E-state index contributed by atoms with van der Waals surface area (Å²) in [4.78, 5) is 1.39. The zero-order valence-corrected chi connectivity index (χ0v) is 17.7. The van der Waals surface area contributed by atoms with Crippen LogP contribution < -0.4 is 10.1 Å². The molecule has 0 amide bonds. The largest absolute Gasteiger partial charge is 0.491 e. The Balaban J connectivity index is 0.00000261. The molecule has 1 fully saturated rings. The molecular weight excluding hydrogens is 378 g/mol. The predicted octanol–water partition coefficient (Wildman–Crippen LogP) is 5.38. The highest BCUT2D eigenvalue weighted by atomic mass is 35.5. The van der Waals surface area contributed by atoms with E-state index < -0.39 is 6.10 Å². The lowest BCUT2D eigenvalue weighted by Crippen LogP contribution is -2.36. The van der Waals surface area contributed by atoms with Crippen molar-refractivity contribution in [2.24, 2.45) is 5.92 Å². The van der Waals surface area contributed by atoms with Crippen molar-refractivity contribution in [2.75, 3.05) is 13.2 Å². The minimum Gasteiger partial charge on any atom is -0.491 e. The fraction of sp³-hybridized carbons (Fsp3) is 0.545. The molecule has 3 nitrogen and oxygen atoms in total. The van der Waals surface area contributed by atoms with Crippen molar-refractivity contribution < 1.29 is 9.84 Å². The van der Waals surface area contributed by atoms with Crippen LogP contribution in [-0.4, -0.2) is 24.4 Å². The number of halogens is 1. The summed E-state index contributed by atoms with van der Waals surface area (Å²) < 4.78 is 5.76. The summed E-state index contributed by atoms with van der Waals surface area (Å²) in [5, 5.41) is 16.1. The van der Waals surface area contributed by atoms with Gasteiger partial charge in [0.25, 0.3) is 0 Å². The highest BCUT2D eigenvalue weighted by molar-refractivity contribution is 7.10. The molecule has 0 bridgehead atoms. The van der Waals surface area contributed by atoms with Gasteiger partial charge in [0.1, 0.15) is 18.5 Å². The number of hydrogen-bond acceptors (Lipinski definition) is 4. The first kappa shape index (κ1) is 22.2. The summed E-state index contributed by atoms with van der Waals surface area (Å²) in [7, 11) is 0. The van der Waals surface area contributed by atoms with E-state index in [4.69, 9.17) is 4.74 Å². The molecule has 150 valence electrons. The van der Waals surface area contributed by atoms with E-state index in [1.165, 1.54) is 36.1 Å². The van der Waals surface area contributed by atoms with Crippen LogP contribution >= 0.6 is 23.7 Å². The first-order chi connectivity index (χ1) is 12.8. The van der Waals surface area contributed by atoms with E-state index in [1.807, 2.05) is 23.5 Å². The maximum absolute atomic E-state index is 10.4. The van der Waals surface area contributed by atoms with Crippen LogP contribution in [0.3, 0.4) is 0 Å². The molecule has 1 heterocycles. The van der Waals surface area contributed by atoms with Crippen molar-refractivity contribution in [3.8, 4) is 5.75 Å². The topological polar surface area (TPSA) is 41.5 Å². The second-order valence-corrected chi connectivity index (χ2v) is 8.28. The summed E-state index contributed by atoms with van der Waals surface area (Å²) in [6.07, 6.45) is 6.96. The van der Waals surface area contributed by atoms with Crippen molar-refractivity contribution in [1.29, 1.82) is 0 Å². The number of hydrogen-bond donors (Lipinski definition) is 2. The normalized spacial score (nSPS) is 16.7. The number of thiophene rings is 1. The lowest BCUT2D eigenvalue weighted by molar-refractivity contribution is 0.101.